The molecule has 0 aliphatic carbocycles. The van der Waals surface area contributed by atoms with Crippen molar-refractivity contribution in [1.29, 1.82) is 0 Å². The van der Waals surface area contributed by atoms with Gasteiger partial charge in [0, 0.05) is 6.07 Å². The van der Waals surface area contributed by atoms with Crippen molar-refractivity contribution >= 4 is 17.6 Å². The van der Waals surface area contributed by atoms with E-state index in [-0.39, 0.29) is 12.3 Å². The highest BCUT2D eigenvalue weighted by atomic mass is 19.1. The molecule has 0 fully saturated rings. The summed E-state index contributed by atoms with van der Waals surface area (Å²) in [4.78, 5) is 23.8. The van der Waals surface area contributed by atoms with E-state index in [4.69, 9.17) is 9.47 Å². The number of carbonyl (C=O) groups is 2. The molecule has 0 radical (unpaired) electrons. The number of halogens is 2. The standard InChI is InChI=1S/C19H19F2NO4/c1-11-4-5-12(2)17(8-11)25-10-18(23)26-13(3)19(24)22-16-7-6-14(20)9-15(16)21/h4-9,13H,10H2,1-3H3,(H,22,24). The van der Waals surface area contributed by atoms with E-state index in [9.17, 15) is 18.4 Å². The van der Waals surface area contributed by atoms with Gasteiger partial charge in [-0.2, -0.15) is 0 Å². The van der Waals surface area contributed by atoms with Gasteiger partial charge in [0.05, 0.1) is 5.69 Å². The van der Waals surface area contributed by atoms with Crippen molar-refractivity contribution in [2.24, 2.45) is 0 Å². The molecule has 0 spiro atoms. The van der Waals surface area contributed by atoms with Gasteiger partial charge in [-0.25, -0.2) is 13.6 Å². The van der Waals surface area contributed by atoms with Crippen molar-refractivity contribution < 1.29 is 27.8 Å². The third kappa shape index (κ3) is 5.27. The maximum Gasteiger partial charge on any atom is 0.344 e. The van der Waals surface area contributed by atoms with E-state index in [2.05, 4.69) is 5.32 Å². The molecule has 0 bridgehead atoms. The number of nitrogens with one attached hydrogen (secondary N) is 1. The van der Waals surface area contributed by atoms with Crippen LogP contribution in [0.1, 0.15) is 18.1 Å². The fraction of sp³-hybridized carbons (Fsp3) is 0.263. The van der Waals surface area contributed by atoms with E-state index >= 15 is 0 Å². The predicted molar refractivity (Wildman–Crippen MR) is 92.0 cm³/mol. The van der Waals surface area contributed by atoms with Gasteiger partial charge in [-0.3, -0.25) is 4.79 Å². The molecule has 0 aliphatic heterocycles. The maximum atomic E-state index is 13.5. The second-order valence-corrected chi connectivity index (χ2v) is 5.80. The SMILES string of the molecule is Cc1ccc(C)c(OCC(=O)OC(C)C(=O)Nc2ccc(F)cc2F)c1. The van der Waals surface area contributed by atoms with E-state index in [1.807, 2.05) is 26.0 Å². The Morgan fingerprint density at radius 1 is 1.12 bits per heavy atom. The molecule has 2 rings (SSSR count). The number of aryl methyl sites for hydroxylation is 2. The highest BCUT2D eigenvalue weighted by molar-refractivity contribution is 5.95. The van der Waals surface area contributed by atoms with Crippen LogP contribution in [0.3, 0.4) is 0 Å². The summed E-state index contributed by atoms with van der Waals surface area (Å²) in [6.45, 7) is 4.71. The Morgan fingerprint density at radius 2 is 1.85 bits per heavy atom. The van der Waals surface area contributed by atoms with Crippen LogP contribution in [0.4, 0.5) is 14.5 Å². The second-order valence-electron chi connectivity index (χ2n) is 5.80. The first-order valence-corrected chi connectivity index (χ1v) is 7.91. The van der Waals surface area contributed by atoms with Gasteiger partial charge in [0.1, 0.15) is 17.4 Å². The molecular formula is C19H19F2NO4. The first kappa shape index (κ1) is 19.4. The lowest BCUT2D eigenvalue weighted by Gasteiger charge is -2.15. The summed E-state index contributed by atoms with van der Waals surface area (Å²) < 4.78 is 36.8. The first-order chi connectivity index (χ1) is 12.3. The summed E-state index contributed by atoms with van der Waals surface area (Å²) in [5.41, 5.74) is 1.64. The topological polar surface area (TPSA) is 64.6 Å². The molecule has 0 saturated heterocycles. The van der Waals surface area contributed by atoms with Gasteiger partial charge in [0.15, 0.2) is 12.7 Å². The minimum absolute atomic E-state index is 0.203. The lowest BCUT2D eigenvalue weighted by Crippen LogP contribution is -2.32. The molecule has 5 nitrogen and oxygen atoms in total. The van der Waals surface area contributed by atoms with Gasteiger partial charge >= 0.3 is 5.97 Å². The minimum atomic E-state index is -1.17. The Labute approximate surface area is 149 Å². The zero-order valence-corrected chi connectivity index (χ0v) is 14.6. The number of rotatable bonds is 6. The van der Waals surface area contributed by atoms with E-state index in [1.54, 1.807) is 6.07 Å². The maximum absolute atomic E-state index is 13.5. The van der Waals surface area contributed by atoms with Gasteiger partial charge in [-0.1, -0.05) is 12.1 Å². The molecule has 7 heteroatoms. The highest BCUT2D eigenvalue weighted by Gasteiger charge is 2.19. The fourth-order valence-electron chi connectivity index (χ4n) is 2.11. The van der Waals surface area contributed by atoms with Crippen LogP contribution < -0.4 is 10.1 Å². The predicted octanol–water partition coefficient (Wildman–Crippen LogP) is 3.53. The molecule has 1 unspecified atom stereocenters. The van der Waals surface area contributed by atoms with Gasteiger partial charge in [0.2, 0.25) is 0 Å². The molecule has 2 aromatic rings. The molecule has 0 heterocycles. The smallest absolute Gasteiger partial charge is 0.344 e. The summed E-state index contributed by atoms with van der Waals surface area (Å²) >= 11 is 0. The summed E-state index contributed by atoms with van der Waals surface area (Å²) in [7, 11) is 0. The Hall–Kier alpha value is -2.96. The van der Waals surface area contributed by atoms with Crippen molar-refractivity contribution in [3.05, 3.63) is 59.2 Å². The molecule has 1 N–H and O–H groups in total. The molecule has 1 atom stereocenters. The van der Waals surface area contributed by atoms with Crippen molar-refractivity contribution in [1.82, 2.24) is 0 Å². The van der Waals surface area contributed by atoms with Crippen LogP contribution in [0.5, 0.6) is 5.75 Å². The molecule has 138 valence electrons. The van der Waals surface area contributed by atoms with Crippen molar-refractivity contribution in [2.45, 2.75) is 26.9 Å². The number of benzene rings is 2. The van der Waals surface area contributed by atoms with Crippen LogP contribution in [0.15, 0.2) is 36.4 Å². The van der Waals surface area contributed by atoms with Crippen molar-refractivity contribution in [3.8, 4) is 5.75 Å². The average molecular weight is 363 g/mol. The fourth-order valence-corrected chi connectivity index (χ4v) is 2.11. The molecule has 26 heavy (non-hydrogen) atoms. The molecule has 2 aromatic carbocycles. The summed E-state index contributed by atoms with van der Waals surface area (Å²) in [5, 5.41) is 2.23. The Morgan fingerprint density at radius 3 is 2.54 bits per heavy atom. The van der Waals surface area contributed by atoms with E-state index < -0.39 is 29.6 Å². The minimum Gasteiger partial charge on any atom is -0.482 e. The zero-order chi connectivity index (χ0) is 19.3. The summed E-state index contributed by atoms with van der Waals surface area (Å²) in [6, 6.07) is 8.30. The Balaban J connectivity index is 1.87. The quantitative estimate of drug-likeness (QED) is 0.798. The van der Waals surface area contributed by atoms with Crippen LogP contribution in [-0.4, -0.2) is 24.6 Å². The Bertz CT molecular complexity index is 823. The zero-order valence-electron chi connectivity index (χ0n) is 14.6. The van der Waals surface area contributed by atoms with Crippen LogP contribution in [0.25, 0.3) is 0 Å². The van der Waals surface area contributed by atoms with Crippen molar-refractivity contribution in [2.75, 3.05) is 11.9 Å². The van der Waals surface area contributed by atoms with Crippen LogP contribution in [0, 0.1) is 25.5 Å². The number of anilines is 1. The van der Waals surface area contributed by atoms with Gasteiger partial charge in [-0.15, -0.1) is 0 Å². The van der Waals surface area contributed by atoms with Gasteiger partial charge < -0.3 is 14.8 Å². The molecule has 0 aromatic heterocycles. The molecule has 1 amide bonds. The summed E-state index contributed by atoms with van der Waals surface area (Å²) in [5.74, 6) is -2.62. The number of hydrogen-bond acceptors (Lipinski definition) is 4. The average Bonchev–Trinajstić information content (AvgIpc) is 2.58. The number of esters is 1. The first-order valence-electron chi connectivity index (χ1n) is 7.91. The van der Waals surface area contributed by atoms with Gasteiger partial charge in [-0.05, 0) is 50.1 Å². The lowest BCUT2D eigenvalue weighted by molar-refractivity contribution is -0.155. The van der Waals surface area contributed by atoms with Crippen LogP contribution in [0.2, 0.25) is 0 Å². The normalized spacial score (nSPS) is 11.6. The second kappa shape index (κ2) is 8.42. The summed E-state index contributed by atoms with van der Waals surface area (Å²) in [6.07, 6.45) is -1.17. The highest BCUT2D eigenvalue weighted by Crippen LogP contribution is 2.19. The van der Waals surface area contributed by atoms with Gasteiger partial charge in [0.25, 0.3) is 5.91 Å². The largest absolute Gasteiger partial charge is 0.482 e. The number of carbonyl (C=O) groups excluding carboxylic acids is 2. The number of amides is 1. The number of hydrogen-bond donors (Lipinski definition) is 1. The van der Waals surface area contributed by atoms with Crippen LogP contribution in [-0.2, 0) is 14.3 Å². The van der Waals surface area contributed by atoms with Crippen molar-refractivity contribution in [3.63, 3.8) is 0 Å². The third-order valence-electron chi connectivity index (χ3n) is 3.56. The third-order valence-corrected chi connectivity index (χ3v) is 3.56. The van der Waals surface area contributed by atoms with Crippen LogP contribution >= 0.6 is 0 Å². The van der Waals surface area contributed by atoms with E-state index in [0.717, 1.165) is 23.3 Å². The van der Waals surface area contributed by atoms with E-state index in [1.165, 1.54) is 6.92 Å². The lowest BCUT2D eigenvalue weighted by atomic mass is 10.1. The molecular weight excluding hydrogens is 344 g/mol. The molecule has 0 aliphatic rings. The molecule has 0 saturated carbocycles. The monoisotopic (exact) mass is 363 g/mol. The van der Waals surface area contributed by atoms with E-state index in [0.29, 0.717) is 11.8 Å². The number of ether oxygens (including phenoxy) is 2. The Kier molecular flexibility index (Phi) is 6.27.